The maximum atomic E-state index is 10.0. The number of rotatable bonds is 14. The number of aryl methyl sites for hydroxylation is 2. The third kappa shape index (κ3) is 7.55. The molecule has 3 N–H and O–H groups in total. The number of halogens is 1. The number of hydrogen-bond acceptors (Lipinski definition) is 8. The summed E-state index contributed by atoms with van der Waals surface area (Å²) in [5.74, 6) is 1.39. The summed E-state index contributed by atoms with van der Waals surface area (Å²) in [5, 5.41) is 18.9. The van der Waals surface area contributed by atoms with E-state index in [-0.39, 0.29) is 11.4 Å². The third-order valence-electron chi connectivity index (χ3n) is 8.04. The Balaban J connectivity index is 0.946. The molecule has 1 aliphatic heterocycles. The Labute approximate surface area is 247 Å². The van der Waals surface area contributed by atoms with Gasteiger partial charge in [0.25, 0.3) is 0 Å². The highest BCUT2D eigenvalue weighted by molar-refractivity contribution is 6.31. The van der Waals surface area contributed by atoms with Crippen LogP contribution in [-0.2, 0) is 28.7 Å². The number of nitrogens with one attached hydrogen (secondary N) is 2. The van der Waals surface area contributed by atoms with Gasteiger partial charge in [0.15, 0.2) is 11.5 Å². The maximum Gasteiger partial charge on any atom is 0.164 e. The van der Waals surface area contributed by atoms with Crippen LogP contribution < -0.4 is 20.1 Å². The van der Waals surface area contributed by atoms with Gasteiger partial charge >= 0.3 is 0 Å². The van der Waals surface area contributed by atoms with E-state index < -0.39 is 0 Å². The van der Waals surface area contributed by atoms with Gasteiger partial charge in [-0.2, -0.15) is 0 Å². The summed E-state index contributed by atoms with van der Waals surface area (Å²) in [6, 6.07) is 9.48. The van der Waals surface area contributed by atoms with Crippen molar-refractivity contribution in [3.05, 3.63) is 52.2 Å². The smallest absolute Gasteiger partial charge is 0.164 e. The van der Waals surface area contributed by atoms with Gasteiger partial charge in [0.2, 0.25) is 0 Å². The van der Waals surface area contributed by atoms with Crippen molar-refractivity contribution in [3.63, 3.8) is 0 Å². The Hall–Kier alpha value is -2.78. The van der Waals surface area contributed by atoms with Crippen molar-refractivity contribution in [1.29, 1.82) is 0 Å². The monoisotopic (exact) mass is 583 g/mol. The highest BCUT2D eigenvalue weighted by Crippen LogP contribution is 2.41. The number of fused-ring (bicyclic) bond motifs is 3. The molecule has 0 fully saturated rings. The van der Waals surface area contributed by atoms with Crippen LogP contribution >= 0.6 is 11.6 Å². The number of hydrogen-bond donors (Lipinski definition) is 3. The molecule has 2 aliphatic rings. The van der Waals surface area contributed by atoms with Gasteiger partial charge in [0.05, 0.1) is 39.1 Å². The first-order valence-corrected chi connectivity index (χ1v) is 15.1. The first-order chi connectivity index (χ1) is 20.0. The van der Waals surface area contributed by atoms with E-state index in [0.717, 1.165) is 74.0 Å². The molecule has 5 rings (SSSR count). The van der Waals surface area contributed by atoms with E-state index in [9.17, 15) is 5.11 Å². The highest BCUT2D eigenvalue weighted by Gasteiger charge is 2.32. The lowest BCUT2D eigenvalue weighted by Gasteiger charge is -2.36. The summed E-state index contributed by atoms with van der Waals surface area (Å²) >= 11 is 6.23. The van der Waals surface area contributed by atoms with E-state index in [2.05, 4.69) is 23.6 Å². The first-order valence-electron chi connectivity index (χ1n) is 14.8. The van der Waals surface area contributed by atoms with Crippen LogP contribution in [0.15, 0.2) is 30.3 Å². The Morgan fingerprint density at radius 1 is 1.00 bits per heavy atom. The number of nitrogens with zero attached hydrogens (tertiary/aromatic N) is 1. The van der Waals surface area contributed by atoms with Gasteiger partial charge in [0, 0.05) is 40.9 Å². The molecular formula is C32H42ClN3O5. The number of aromatic nitrogens is 1. The average molecular weight is 584 g/mol. The molecule has 2 aromatic carbocycles. The van der Waals surface area contributed by atoms with Crippen LogP contribution in [0.5, 0.6) is 17.2 Å². The fourth-order valence-electron chi connectivity index (χ4n) is 5.73. The predicted molar refractivity (Wildman–Crippen MR) is 163 cm³/mol. The molecule has 0 spiro atoms. The van der Waals surface area contributed by atoms with E-state index in [1.807, 2.05) is 12.1 Å². The predicted octanol–water partition coefficient (Wildman–Crippen LogP) is 5.69. The molecule has 8 nitrogen and oxygen atoms in total. The van der Waals surface area contributed by atoms with Crippen molar-refractivity contribution in [2.75, 3.05) is 58.5 Å². The lowest BCUT2D eigenvalue weighted by atomic mass is 9.89. The van der Waals surface area contributed by atoms with Crippen molar-refractivity contribution in [1.82, 2.24) is 10.3 Å². The Bertz CT molecular complexity index is 1340. The molecule has 0 amide bonds. The van der Waals surface area contributed by atoms with Crippen molar-refractivity contribution in [3.8, 4) is 17.2 Å². The van der Waals surface area contributed by atoms with Crippen molar-refractivity contribution < 1.29 is 24.1 Å². The number of ether oxygens (including phenoxy) is 4. The van der Waals surface area contributed by atoms with Crippen LogP contribution in [0.4, 0.5) is 5.69 Å². The van der Waals surface area contributed by atoms with Crippen LogP contribution in [0, 0.1) is 0 Å². The summed E-state index contributed by atoms with van der Waals surface area (Å²) in [6.07, 6.45) is 7.15. The number of phenolic OH excluding ortho intramolecular Hbond substituents is 1. The topological polar surface area (TPSA) is 94.1 Å². The zero-order chi connectivity index (χ0) is 28.7. The average Bonchev–Trinajstić information content (AvgIpc) is 2.97. The number of benzene rings is 2. The summed E-state index contributed by atoms with van der Waals surface area (Å²) < 4.78 is 23.1. The molecular weight excluding hydrogens is 542 g/mol. The lowest BCUT2D eigenvalue weighted by molar-refractivity contribution is 0.0476. The molecule has 2 heterocycles. The minimum Gasteiger partial charge on any atom is -0.504 e. The number of aromatic hydroxyl groups is 1. The fraction of sp³-hybridized carbons (Fsp3) is 0.531. The van der Waals surface area contributed by atoms with Gasteiger partial charge in [-0.15, -0.1) is 0 Å². The zero-order valence-corrected chi connectivity index (χ0v) is 24.9. The maximum absolute atomic E-state index is 10.0. The second kappa shape index (κ2) is 13.9. The summed E-state index contributed by atoms with van der Waals surface area (Å²) in [5.41, 5.74) is 5.45. The van der Waals surface area contributed by atoms with Crippen LogP contribution in [-0.4, -0.2) is 68.9 Å². The molecule has 0 radical (unpaired) electrons. The van der Waals surface area contributed by atoms with Crippen molar-refractivity contribution >= 4 is 28.2 Å². The summed E-state index contributed by atoms with van der Waals surface area (Å²) in [6.45, 7) is 6.87. The number of pyridine rings is 1. The van der Waals surface area contributed by atoms with Crippen LogP contribution in [0.25, 0.3) is 10.9 Å². The van der Waals surface area contributed by atoms with Crippen LogP contribution in [0.2, 0.25) is 5.02 Å². The van der Waals surface area contributed by atoms with Crippen LogP contribution in [0.1, 0.15) is 49.4 Å². The molecule has 0 bridgehead atoms. The van der Waals surface area contributed by atoms with E-state index >= 15 is 0 Å². The number of methoxy groups -OCH3 is 1. The van der Waals surface area contributed by atoms with Gasteiger partial charge in [-0.05, 0) is 93.8 Å². The third-order valence-corrected chi connectivity index (χ3v) is 8.28. The standard InChI is InChI=1S/C32H42ClN3O5/c1-32(10-9-22-19-28(37)30(38-2)21-29(22)41-32)11-12-34-13-15-39-17-18-40-16-14-35-31-24-5-3-4-6-26(24)36-27-20-23(33)7-8-25(27)31/h7-8,19-21,34,37H,3-6,9-18H2,1-2H3,(H,35,36). The fourth-order valence-corrected chi connectivity index (χ4v) is 5.90. The Kier molecular flexibility index (Phi) is 10.1. The molecule has 3 aromatic rings. The summed E-state index contributed by atoms with van der Waals surface area (Å²) in [7, 11) is 1.55. The second-order valence-corrected chi connectivity index (χ2v) is 11.6. The minimum atomic E-state index is -0.250. The molecule has 1 unspecified atom stereocenters. The van der Waals surface area contributed by atoms with E-state index in [0.29, 0.717) is 37.2 Å². The molecule has 0 saturated heterocycles. The van der Waals surface area contributed by atoms with Gasteiger partial charge in [-0.1, -0.05) is 11.6 Å². The first kappa shape index (κ1) is 29.7. The molecule has 0 saturated carbocycles. The van der Waals surface area contributed by atoms with Crippen molar-refractivity contribution in [2.45, 2.75) is 57.5 Å². The molecule has 1 aromatic heterocycles. The lowest BCUT2D eigenvalue weighted by Crippen LogP contribution is -2.39. The SMILES string of the molecule is COc1cc2c(cc1O)CCC(C)(CCNCCOCCOCCNc1c3c(nc4cc(Cl)ccc14)CCCC3)O2. The molecule has 222 valence electrons. The molecule has 1 atom stereocenters. The van der Waals surface area contributed by atoms with Crippen LogP contribution in [0.3, 0.4) is 0 Å². The van der Waals surface area contributed by atoms with Gasteiger partial charge < -0.3 is 34.7 Å². The number of phenols is 1. The van der Waals surface area contributed by atoms with E-state index in [1.165, 1.54) is 29.8 Å². The molecule has 41 heavy (non-hydrogen) atoms. The molecule has 1 aliphatic carbocycles. The number of anilines is 1. The molecule has 9 heteroatoms. The van der Waals surface area contributed by atoms with E-state index in [4.69, 9.17) is 35.5 Å². The Morgan fingerprint density at radius 3 is 2.63 bits per heavy atom. The summed E-state index contributed by atoms with van der Waals surface area (Å²) in [4.78, 5) is 4.89. The Morgan fingerprint density at radius 2 is 1.80 bits per heavy atom. The van der Waals surface area contributed by atoms with E-state index in [1.54, 1.807) is 19.2 Å². The van der Waals surface area contributed by atoms with Gasteiger partial charge in [0.1, 0.15) is 11.4 Å². The van der Waals surface area contributed by atoms with Crippen molar-refractivity contribution in [2.24, 2.45) is 0 Å². The zero-order valence-electron chi connectivity index (χ0n) is 24.2. The second-order valence-electron chi connectivity index (χ2n) is 11.1. The highest BCUT2D eigenvalue weighted by atomic mass is 35.5. The van der Waals surface area contributed by atoms with Gasteiger partial charge in [-0.25, -0.2) is 0 Å². The quantitative estimate of drug-likeness (QED) is 0.208. The largest absolute Gasteiger partial charge is 0.504 e. The normalized spacial score (nSPS) is 18.0. The minimum absolute atomic E-state index is 0.158. The van der Waals surface area contributed by atoms with Gasteiger partial charge in [-0.3, -0.25) is 4.98 Å².